The molecule has 100 valence electrons. The first kappa shape index (κ1) is 15.2. The van der Waals surface area contributed by atoms with Crippen molar-refractivity contribution in [2.75, 3.05) is 7.11 Å². The van der Waals surface area contributed by atoms with Crippen molar-refractivity contribution < 1.29 is 4.74 Å². The Balaban J connectivity index is 2.49. The molecule has 2 aromatic rings. The topological polar surface area (TPSA) is 9.23 Å². The van der Waals surface area contributed by atoms with Crippen LogP contribution in [0, 0.1) is 0 Å². The van der Waals surface area contributed by atoms with E-state index in [0.29, 0.717) is 10.0 Å². The van der Waals surface area contributed by atoms with E-state index in [1.165, 1.54) is 0 Å². The van der Waals surface area contributed by atoms with Crippen molar-refractivity contribution in [1.82, 2.24) is 0 Å². The summed E-state index contributed by atoms with van der Waals surface area (Å²) in [6, 6.07) is 11.3. The molecular formula is C14H10Br2Cl2O. The third-order valence-corrected chi connectivity index (χ3v) is 4.76. The number of halogens is 4. The molecule has 0 spiro atoms. The lowest BCUT2D eigenvalue weighted by atomic mass is 10.0. The second kappa shape index (κ2) is 6.49. The molecule has 0 amide bonds. The van der Waals surface area contributed by atoms with Gasteiger partial charge < -0.3 is 4.74 Å². The number of alkyl halides is 1. The summed E-state index contributed by atoms with van der Waals surface area (Å²) in [5.74, 6) is 0.785. The number of hydrogen-bond acceptors (Lipinski definition) is 1. The first-order valence-corrected chi connectivity index (χ1v) is 7.92. The summed E-state index contributed by atoms with van der Waals surface area (Å²) in [7, 11) is 1.64. The molecule has 1 atom stereocenters. The van der Waals surface area contributed by atoms with Gasteiger partial charge in [-0.1, -0.05) is 61.1 Å². The lowest BCUT2D eigenvalue weighted by Crippen LogP contribution is -1.98. The van der Waals surface area contributed by atoms with Crippen LogP contribution in [-0.2, 0) is 0 Å². The van der Waals surface area contributed by atoms with Gasteiger partial charge in [-0.15, -0.1) is 0 Å². The van der Waals surface area contributed by atoms with E-state index in [2.05, 4.69) is 31.9 Å². The largest absolute Gasteiger partial charge is 0.496 e. The van der Waals surface area contributed by atoms with Crippen molar-refractivity contribution in [3.8, 4) is 5.75 Å². The van der Waals surface area contributed by atoms with Crippen LogP contribution in [0.2, 0.25) is 10.0 Å². The molecule has 0 aliphatic carbocycles. The molecule has 2 aromatic carbocycles. The SMILES string of the molecule is COc1cc(Br)ccc1C(Br)c1cc(Cl)ccc1Cl. The molecule has 0 saturated carbocycles. The van der Waals surface area contributed by atoms with Gasteiger partial charge in [-0.25, -0.2) is 0 Å². The predicted molar refractivity (Wildman–Crippen MR) is 87.9 cm³/mol. The summed E-state index contributed by atoms with van der Waals surface area (Å²) in [4.78, 5) is -0.0817. The van der Waals surface area contributed by atoms with Crippen LogP contribution in [-0.4, -0.2) is 7.11 Å². The van der Waals surface area contributed by atoms with Crippen LogP contribution in [0.15, 0.2) is 40.9 Å². The highest BCUT2D eigenvalue weighted by molar-refractivity contribution is 9.10. The Bertz CT molecular complexity index is 602. The van der Waals surface area contributed by atoms with Gasteiger partial charge in [-0.05, 0) is 35.9 Å². The van der Waals surface area contributed by atoms with Crippen LogP contribution >= 0.6 is 55.1 Å². The van der Waals surface area contributed by atoms with Gasteiger partial charge in [0.1, 0.15) is 5.75 Å². The zero-order valence-electron chi connectivity index (χ0n) is 9.96. The molecule has 0 saturated heterocycles. The fourth-order valence-corrected chi connectivity index (χ4v) is 3.41. The lowest BCUT2D eigenvalue weighted by molar-refractivity contribution is 0.410. The molecule has 5 heteroatoms. The molecular weight excluding hydrogens is 415 g/mol. The maximum Gasteiger partial charge on any atom is 0.124 e. The van der Waals surface area contributed by atoms with Gasteiger partial charge >= 0.3 is 0 Å². The van der Waals surface area contributed by atoms with Crippen LogP contribution in [0.25, 0.3) is 0 Å². The molecule has 0 heterocycles. The molecule has 0 N–H and O–H groups in total. The predicted octanol–water partition coefficient (Wildman–Crippen LogP) is 6.25. The van der Waals surface area contributed by atoms with E-state index in [-0.39, 0.29) is 4.83 Å². The Morgan fingerprint density at radius 3 is 2.47 bits per heavy atom. The minimum absolute atomic E-state index is 0.0817. The summed E-state index contributed by atoms with van der Waals surface area (Å²) < 4.78 is 6.37. The third-order valence-electron chi connectivity index (χ3n) is 2.70. The first-order valence-electron chi connectivity index (χ1n) is 5.45. The monoisotopic (exact) mass is 422 g/mol. The Labute approximate surface area is 139 Å². The Kier molecular flexibility index (Phi) is 5.18. The van der Waals surface area contributed by atoms with E-state index < -0.39 is 0 Å². The van der Waals surface area contributed by atoms with Crippen LogP contribution in [0.1, 0.15) is 16.0 Å². The van der Waals surface area contributed by atoms with Gasteiger partial charge in [-0.3, -0.25) is 0 Å². The number of methoxy groups -OCH3 is 1. The van der Waals surface area contributed by atoms with E-state index >= 15 is 0 Å². The van der Waals surface area contributed by atoms with Crippen LogP contribution in [0.3, 0.4) is 0 Å². The van der Waals surface area contributed by atoms with Crippen molar-refractivity contribution >= 4 is 55.1 Å². The average Bonchev–Trinajstić information content (AvgIpc) is 2.40. The third kappa shape index (κ3) is 3.46. The molecule has 1 nitrogen and oxygen atoms in total. The standard InChI is InChI=1S/C14H10Br2Cl2O/c1-19-13-6-8(15)2-4-10(13)14(16)11-7-9(17)3-5-12(11)18/h2-7,14H,1H3. The molecule has 0 aromatic heterocycles. The highest BCUT2D eigenvalue weighted by atomic mass is 79.9. The second-order valence-electron chi connectivity index (χ2n) is 3.91. The van der Waals surface area contributed by atoms with Crippen molar-refractivity contribution in [3.05, 3.63) is 62.0 Å². The van der Waals surface area contributed by atoms with Gasteiger partial charge in [0.05, 0.1) is 11.9 Å². The Hall–Kier alpha value is -0.220. The van der Waals surface area contributed by atoms with Crippen molar-refractivity contribution in [3.63, 3.8) is 0 Å². The average molecular weight is 425 g/mol. The summed E-state index contributed by atoms with van der Waals surface area (Å²) in [6.45, 7) is 0. The van der Waals surface area contributed by atoms with E-state index in [9.17, 15) is 0 Å². The van der Waals surface area contributed by atoms with Crippen LogP contribution in [0.5, 0.6) is 5.75 Å². The summed E-state index contributed by atoms with van der Waals surface area (Å²) in [6.07, 6.45) is 0. The van der Waals surface area contributed by atoms with Crippen LogP contribution < -0.4 is 4.74 Å². The zero-order valence-corrected chi connectivity index (χ0v) is 14.6. The van der Waals surface area contributed by atoms with Crippen LogP contribution in [0.4, 0.5) is 0 Å². The maximum absolute atomic E-state index is 6.23. The Morgan fingerprint density at radius 1 is 1.05 bits per heavy atom. The van der Waals surface area contributed by atoms with Crippen molar-refractivity contribution in [1.29, 1.82) is 0 Å². The first-order chi connectivity index (χ1) is 9.02. The highest BCUT2D eigenvalue weighted by Gasteiger charge is 2.18. The highest BCUT2D eigenvalue weighted by Crippen LogP contribution is 2.41. The minimum atomic E-state index is -0.0817. The van der Waals surface area contributed by atoms with E-state index in [4.69, 9.17) is 27.9 Å². The van der Waals surface area contributed by atoms with Crippen molar-refractivity contribution in [2.45, 2.75) is 4.83 Å². The van der Waals surface area contributed by atoms with Gasteiger partial charge in [-0.2, -0.15) is 0 Å². The maximum atomic E-state index is 6.23. The van der Waals surface area contributed by atoms with Gasteiger partial charge in [0.25, 0.3) is 0 Å². The number of benzene rings is 2. The summed E-state index contributed by atoms with van der Waals surface area (Å²) in [5.41, 5.74) is 1.91. The number of rotatable bonds is 3. The molecule has 19 heavy (non-hydrogen) atoms. The van der Waals surface area contributed by atoms with Gasteiger partial charge in [0, 0.05) is 20.1 Å². The molecule has 0 aliphatic heterocycles. The van der Waals surface area contributed by atoms with Gasteiger partial charge in [0.2, 0.25) is 0 Å². The normalized spacial score (nSPS) is 12.3. The van der Waals surface area contributed by atoms with Crippen molar-refractivity contribution in [2.24, 2.45) is 0 Å². The number of ether oxygens (including phenoxy) is 1. The molecule has 0 bridgehead atoms. The Morgan fingerprint density at radius 2 is 1.79 bits per heavy atom. The quantitative estimate of drug-likeness (QED) is 0.529. The molecule has 1 unspecified atom stereocenters. The summed E-state index contributed by atoms with van der Waals surface area (Å²) >= 11 is 19.3. The van der Waals surface area contributed by atoms with E-state index in [1.54, 1.807) is 19.2 Å². The smallest absolute Gasteiger partial charge is 0.124 e. The molecule has 2 rings (SSSR count). The second-order valence-corrected chi connectivity index (χ2v) is 6.59. The lowest BCUT2D eigenvalue weighted by Gasteiger charge is -2.16. The fraction of sp³-hybridized carbons (Fsp3) is 0.143. The zero-order chi connectivity index (χ0) is 14.0. The number of hydrogen-bond donors (Lipinski definition) is 0. The van der Waals surface area contributed by atoms with E-state index in [1.807, 2.05) is 24.3 Å². The van der Waals surface area contributed by atoms with Gasteiger partial charge in [0.15, 0.2) is 0 Å². The van der Waals surface area contributed by atoms with E-state index in [0.717, 1.165) is 21.3 Å². The molecule has 0 fully saturated rings. The molecule has 0 radical (unpaired) electrons. The fourth-order valence-electron chi connectivity index (χ4n) is 1.77. The molecule has 0 aliphatic rings. The summed E-state index contributed by atoms with van der Waals surface area (Å²) in [5, 5.41) is 1.32. The minimum Gasteiger partial charge on any atom is -0.496 e.